The third-order valence-electron chi connectivity index (χ3n) is 4.55. The number of ether oxygens (including phenoxy) is 2. The summed E-state index contributed by atoms with van der Waals surface area (Å²) in [5.41, 5.74) is 3.99. The van der Waals surface area contributed by atoms with Crippen LogP contribution < -0.4 is 14.8 Å². The molecule has 4 heterocycles. The zero-order valence-electron chi connectivity index (χ0n) is 15.2. The molecule has 1 aliphatic rings. The standard InChI is InChI=1S/C21H19N3O2S/c1-13-3-8-19-23-20(18-7-4-14(2)27-18)21(24(19)12-13)22-15-5-6-16-17(11-15)26-10-9-25-16/h3-8,11-12,22H,9-10H2,1-2H3. The van der Waals surface area contributed by atoms with Crippen LogP contribution in [0.25, 0.3) is 16.2 Å². The Bertz CT molecular complexity index is 1150. The summed E-state index contributed by atoms with van der Waals surface area (Å²) in [6.07, 6.45) is 2.10. The van der Waals surface area contributed by atoms with E-state index in [0.717, 1.165) is 39.2 Å². The molecule has 136 valence electrons. The van der Waals surface area contributed by atoms with Crippen molar-refractivity contribution in [2.75, 3.05) is 18.5 Å². The number of anilines is 2. The van der Waals surface area contributed by atoms with Gasteiger partial charge in [-0.25, -0.2) is 4.98 Å². The van der Waals surface area contributed by atoms with Crippen LogP contribution in [0.15, 0.2) is 48.7 Å². The number of hydrogen-bond donors (Lipinski definition) is 1. The third-order valence-corrected chi connectivity index (χ3v) is 5.55. The van der Waals surface area contributed by atoms with E-state index in [-0.39, 0.29) is 0 Å². The van der Waals surface area contributed by atoms with Crippen molar-refractivity contribution >= 4 is 28.5 Å². The first-order valence-corrected chi connectivity index (χ1v) is 9.71. The van der Waals surface area contributed by atoms with E-state index in [1.54, 1.807) is 11.3 Å². The number of benzene rings is 1. The van der Waals surface area contributed by atoms with Crippen LogP contribution in [0.3, 0.4) is 0 Å². The van der Waals surface area contributed by atoms with Crippen LogP contribution in [-0.2, 0) is 0 Å². The Kier molecular flexibility index (Phi) is 3.79. The van der Waals surface area contributed by atoms with Gasteiger partial charge in [-0.15, -0.1) is 11.3 Å². The number of imidazole rings is 1. The van der Waals surface area contributed by atoms with Gasteiger partial charge in [-0.3, -0.25) is 4.40 Å². The van der Waals surface area contributed by atoms with E-state index < -0.39 is 0 Å². The van der Waals surface area contributed by atoms with E-state index in [1.165, 1.54) is 10.4 Å². The number of aryl methyl sites for hydroxylation is 2. The van der Waals surface area contributed by atoms with Gasteiger partial charge in [0, 0.05) is 22.8 Å². The summed E-state index contributed by atoms with van der Waals surface area (Å²) in [5, 5.41) is 3.55. The van der Waals surface area contributed by atoms with Gasteiger partial charge in [-0.2, -0.15) is 0 Å². The van der Waals surface area contributed by atoms with Gasteiger partial charge in [0.05, 0.1) is 4.88 Å². The number of nitrogens with one attached hydrogen (secondary N) is 1. The lowest BCUT2D eigenvalue weighted by atomic mass is 10.2. The lowest BCUT2D eigenvalue weighted by Gasteiger charge is -2.19. The summed E-state index contributed by atoms with van der Waals surface area (Å²) >= 11 is 1.75. The molecule has 4 aromatic rings. The SMILES string of the molecule is Cc1ccc2nc(-c3ccc(C)s3)c(Nc3ccc4c(c3)OCCO4)n2c1. The average Bonchev–Trinajstić information content (AvgIpc) is 3.25. The number of pyridine rings is 1. The molecule has 0 bridgehead atoms. The highest BCUT2D eigenvalue weighted by atomic mass is 32.1. The minimum atomic E-state index is 0.574. The molecular weight excluding hydrogens is 358 g/mol. The van der Waals surface area contributed by atoms with E-state index in [9.17, 15) is 0 Å². The second kappa shape index (κ2) is 6.32. The third kappa shape index (κ3) is 2.92. The molecule has 5 rings (SSSR count). The highest BCUT2D eigenvalue weighted by molar-refractivity contribution is 7.15. The van der Waals surface area contributed by atoms with Crippen molar-refractivity contribution in [3.05, 3.63) is 59.1 Å². The Morgan fingerprint density at radius 1 is 1.00 bits per heavy atom. The molecule has 1 aliphatic heterocycles. The number of nitrogens with zero attached hydrogens (tertiary/aromatic N) is 2. The lowest BCUT2D eigenvalue weighted by Crippen LogP contribution is -2.15. The highest BCUT2D eigenvalue weighted by Gasteiger charge is 2.18. The molecule has 6 heteroatoms. The lowest BCUT2D eigenvalue weighted by molar-refractivity contribution is 0.171. The summed E-state index contributed by atoms with van der Waals surface area (Å²) in [6, 6.07) is 14.3. The first kappa shape index (κ1) is 16.2. The summed E-state index contributed by atoms with van der Waals surface area (Å²) in [5.74, 6) is 2.51. The quantitative estimate of drug-likeness (QED) is 0.533. The molecular formula is C21H19N3O2S. The summed E-state index contributed by atoms with van der Waals surface area (Å²) in [4.78, 5) is 7.29. The van der Waals surface area contributed by atoms with Crippen molar-refractivity contribution in [3.63, 3.8) is 0 Å². The van der Waals surface area contributed by atoms with Crippen molar-refractivity contribution < 1.29 is 9.47 Å². The van der Waals surface area contributed by atoms with Crippen LogP contribution in [-0.4, -0.2) is 22.6 Å². The fourth-order valence-corrected chi connectivity index (χ4v) is 4.12. The molecule has 1 N–H and O–H groups in total. The van der Waals surface area contributed by atoms with Gasteiger partial charge >= 0.3 is 0 Å². The Morgan fingerprint density at radius 3 is 2.67 bits per heavy atom. The van der Waals surface area contributed by atoms with Crippen LogP contribution >= 0.6 is 11.3 Å². The predicted molar refractivity (Wildman–Crippen MR) is 109 cm³/mol. The molecule has 0 fully saturated rings. The molecule has 0 aliphatic carbocycles. The molecule has 1 aromatic carbocycles. The minimum absolute atomic E-state index is 0.574. The zero-order valence-corrected chi connectivity index (χ0v) is 16.0. The number of thiophene rings is 1. The number of hydrogen-bond acceptors (Lipinski definition) is 5. The topological polar surface area (TPSA) is 47.8 Å². The van der Waals surface area contributed by atoms with Gasteiger partial charge in [0.1, 0.15) is 30.4 Å². The van der Waals surface area contributed by atoms with Crippen molar-refractivity contribution in [2.24, 2.45) is 0 Å². The van der Waals surface area contributed by atoms with Gasteiger partial charge < -0.3 is 14.8 Å². The Balaban J connectivity index is 1.63. The summed E-state index contributed by atoms with van der Waals surface area (Å²) < 4.78 is 13.5. The van der Waals surface area contributed by atoms with Gasteiger partial charge in [0.15, 0.2) is 11.5 Å². The summed E-state index contributed by atoms with van der Waals surface area (Å²) in [7, 11) is 0. The molecule has 27 heavy (non-hydrogen) atoms. The molecule has 0 saturated heterocycles. The zero-order chi connectivity index (χ0) is 18.4. The maximum absolute atomic E-state index is 5.72. The maximum atomic E-state index is 5.72. The molecule has 0 radical (unpaired) electrons. The number of aromatic nitrogens is 2. The molecule has 0 amide bonds. The Hall–Kier alpha value is -2.99. The average molecular weight is 377 g/mol. The second-order valence-electron chi connectivity index (χ2n) is 6.64. The van der Waals surface area contributed by atoms with Crippen molar-refractivity contribution in [3.8, 4) is 22.1 Å². The Labute approximate surface area is 161 Å². The molecule has 3 aromatic heterocycles. The van der Waals surface area contributed by atoms with Gasteiger partial charge in [-0.05, 0) is 49.7 Å². The molecule has 5 nitrogen and oxygen atoms in total. The van der Waals surface area contributed by atoms with E-state index in [4.69, 9.17) is 14.5 Å². The van der Waals surface area contributed by atoms with Crippen LogP contribution in [0.1, 0.15) is 10.4 Å². The normalized spacial score (nSPS) is 13.1. The number of fused-ring (bicyclic) bond motifs is 2. The van der Waals surface area contributed by atoms with Gasteiger partial charge in [0.25, 0.3) is 0 Å². The van der Waals surface area contributed by atoms with Crippen LogP contribution in [0, 0.1) is 13.8 Å². The first-order chi connectivity index (χ1) is 13.2. The van der Waals surface area contributed by atoms with Gasteiger partial charge in [0.2, 0.25) is 0 Å². The molecule has 0 saturated carbocycles. The largest absolute Gasteiger partial charge is 0.486 e. The van der Waals surface area contributed by atoms with Crippen molar-refractivity contribution in [2.45, 2.75) is 13.8 Å². The fraction of sp³-hybridized carbons (Fsp3) is 0.190. The highest BCUT2D eigenvalue weighted by Crippen LogP contribution is 2.38. The summed E-state index contributed by atoms with van der Waals surface area (Å²) in [6.45, 7) is 5.36. The minimum Gasteiger partial charge on any atom is -0.486 e. The smallest absolute Gasteiger partial charge is 0.163 e. The molecule has 0 unspecified atom stereocenters. The van der Waals surface area contributed by atoms with E-state index >= 15 is 0 Å². The first-order valence-electron chi connectivity index (χ1n) is 8.89. The second-order valence-corrected chi connectivity index (χ2v) is 7.93. The Morgan fingerprint density at radius 2 is 1.85 bits per heavy atom. The fourth-order valence-electron chi connectivity index (χ4n) is 3.26. The van der Waals surface area contributed by atoms with Crippen LogP contribution in [0.2, 0.25) is 0 Å². The van der Waals surface area contributed by atoms with Crippen molar-refractivity contribution in [1.29, 1.82) is 0 Å². The molecule has 0 spiro atoms. The van der Waals surface area contributed by atoms with E-state index in [1.807, 2.05) is 24.3 Å². The molecule has 0 atom stereocenters. The van der Waals surface area contributed by atoms with Crippen molar-refractivity contribution in [1.82, 2.24) is 9.38 Å². The van der Waals surface area contributed by atoms with Crippen LogP contribution in [0.5, 0.6) is 11.5 Å². The van der Waals surface area contributed by atoms with Gasteiger partial charge in [-0.1, -0.05) is 6.07 Å². The number of rotatable bonds is 3. The maximum Gasteiger partial charge on any atom is 0.163 e. The monoisotopic (exact) mass is 377 g/mol. The van der Waals surface area contributed by atoms with Crippen LogP contribution in [0.4, 0.5) is 11.5 Å². The van der Waals surface area contributed by atoms with E-state index in [2.05, 4.69) is 48.0 Å². The predicted octanol–water partition coefficient (Wildman–Crippen LogP) is 5.19. The van der Waals surface area contributed by atoms with E-state index in [0.29, 0.717) is 13.2 Å².